The minimum atomic E-state index is -0.406. The number of carbonyl (C=O) groups excluding carboxylic acids is 2. The molecule has 26 heavy (non-hydrogen) atoms. The van der Waals surface area contributed by atoms with Crippen molar-refractivity contribution in [2.75, 3.05) is 6.54 Å². The molecule has 0 aromatic carbocycles. The lowest BCUT2D eigenvalue weighted by Crippen LogP contribution is -2.46. The first kappa shape index (κ1) is 25.1. The molecule has 0 aliphatic rings. The average Bonchev–Trinajstić information content (AvgIpc) is 2.42. The number of ketones is 1. The Bertz CT molecular complexity index is 496. The first-order chi connectivity index (χ1) is 11.4. The van der Waals surface area contributed by atoms with Crippen LogP contribution in [0.4, 0.5) is 0 Å². The molecule has 0 saturated heterocycles. The van der Waals surface area contributed by atoms with Crippen LogP contribution in [0.15, 0.2) is 0 Å². The molecule has 0 unspecified atom stereocenters. The van der Waals surface area contributed by atoms with Crippen LogP contribution in [0.5, 0.6) is 0 Å². The molecule has 0 bridgehead atoms. The zero-order valence-electron chi connectivity index (χ0n) is 19.6. The minimum absolute atomic E-state index is 0.00779. The molecule has 3 nitrogen and oxygen atoms in total. The predicted octanol–water partition coefficient (Wildman–Crippen LogP) is 5.87. The molecular weight excluding hydrogens is 322 g/mol. The number of carbonyl (C=O) groups is 2. The third kappa shape index (κ3) is 6.70. The third-order valence-corrected chi connectivity index (χ3v) is 6.67. The standard InChI is InChI=1S/C23H45NO2/c1-16(2)19(26)21(7,8)14-20(5,6)13-18(25)24-15-22(9,10)23(11,12)17(3)4/h16-17H,13-15H2,1-12H3,(H,24,25). The lowest BCUT2D eigenvalue weighted by Gasteiger charge is -2.45. The largest absolute Gasteiger partial charge is 0.356 e. The molecule has 154 valence electrons. The van der Waals surface area contributed by atoms with Gasteiger partial charge in [0.2, 0.25) is 5.91 Å². The van der Waals surface area contributed by atoms with Gasteiger partial charge in [-0.25, -0.2) is 0 Å². The zero-order valence-corrected chi connectivity index (χ0v) is 19.6. The van der Waals surface area contributed by atoms with E-state index in [0.29, 0.717) is 25.3 Å². The summed E-state index contributed by atoms with van der Waals surface area (Å²) in [5, 5.41) is 3.15. The van der Waals surface area contributed by atoms with E-state index in [2.05, 4.69) is 60.7 Å². The number of rotatable bonds is 10. The van der Waals surface area contributed by atoms with Crippen LogP contribution in [0.2, 0.25) is 0 Å². The Morgan fingerprint density at radius 3 is 1.69 bits per heavy atom. The highest BCUT2D eigenvalue weighted by Crippen LogP contribution is 2.44. The van der Waals surface area contributed by atoms with E-state index in [-0.39, 0.29) is 33.9 Å². The molecule has 0 heterocycles. The summed E-state index contributed by atoms with van der Waals surface area (Å²) in [5.74, 6) is 0.906. The van der Waals surface area contributed by atoms with E-state index in [1.165, 1.54) is 0 Å². The van der Waals surface area contributed by atoms with Crippen LogP contribution in [0.25, 0.3) is 0 Å². The zero-order chi connectivity index (χ0) is 21.1. The van der Waals surface area contributed by atoms with Gasteiger partial charge in [-0.1, -0.05) is 83.1 Å². The quantitative estimate of drug-likeness (QED) is 0.525. The summed E-state index contributed by atoms with van der Waals surface area (Å²) in [6, 6.07) is 0. The van der Waals surface area contributed by atoms with Gasteiger partial charge in [0.15, 0.2) is 0 Å². The van der Waals surface area contributed by atoms with Gasteiger partial charge < -0.3 is 5.32 Å². The second-order valence-corrected chi connectivity index (χ2v) is 11.5. The summed E-state index contributed by atoms with van der Waals surface area (Å²) in [5.41, 5.74) is -0.484. The Kier molecular flexibility index (Phi) is 8.16. The van der Waals surface area contributed by atoms with Gasteiger partial charge in [0.1, 0.15) is 5.78 Å². The second kappa shape index (κ2) is 8.44. The van der Waals surface area contributed by atoms with Gasteiger partial charge in [-0.3, -0.25) is 9.59 Å². The highest BCUT2D eigenvalue weighted by Gasteiger charge is 2.40. The Hall–Kier alpha value is -0.860. The summed E-state index contributed by atoms with van der Waals surface area (Å²) in [6.07, 6.45) is 1.16. The molecular formula is C23H45NO2. The second-order valence-electron chi connectivity index (χ2n) is 11.5. The number of nitrogens with one attached hydrogen (secondary N) is 1. The summed E-state index contributed by atoms with van der Waals surface area (Å²) in [6.45, 7) is 26.2. The van der Waals surface area contributed by atoms with Crippen LogP contribution in [0.1, 0.15) is 95.9 Å². The SMILES string of the molecule is CC(C)C(=O)C(C)(C)CC(C)(C)CC(=O)NCC(C)(C)C(C)(C)C(C)C. The van der Waals surface area contributed by atoms with E-state index in [1.54, 1.807) is 0 Å². The van der Waals surface area contributed by atoms with Gasteiger partial charge in [-0.2, -0.15) is 0 Å². The third-order valence-electron chi connectivity index (χ3n) is 6.67. The smallest absolute Gasteiger partial charge is 0.220 e. The molecule has 0 aromatic heterocycles. The van der Waals surface area contributed by atoms with Crippen molar-refractivity contribution in [3.8, 4) is 0 Å². The average molecular weight is 368 g/mol. The molecule has 1 N–H and O–H groups in total. The van der Waals surface area contributed by atoms with Gasteiger partial charge in [0.05, 0.1) is 0 Å². The Labute approximate surface area is 163 Å². The first-order valence-corrected chi connectivity index (χ1v) is 10.2. The predicted molar refractivity (Wildman–Crippen MR) is 112 cm³/mol. The van der Waals surface area contributed by atoms with Crippen molar-refractivity contribution in [1.82, 2.24) is 5.32 Å². The van der Waals surface area contributed by atoms with Crippen LogP contribution < -0.4 is 5.32 Å². The molecule has 0 aliphatic heterocycles. The fraction of sp³-hybridized carbons (Fsp3) is 0.913. The molecule has 0 aromatic rings. The van der Waals surface area contributed by atoms with Gasteiger partial charge in [-0.15, -0.1) is 0 Å². The molecule has 3 heteroatoms. The van der Waals surface area contributed by atoms with E-state index >= 15 is 0 Å². The van der Waals surface area contributed by atoms with Crippen LogP contribution in [-0.4, -0.2) is 18.2 Å². The number of Topliss-reactive ketones (excluding diaryl/α,β-unsaturated/α-hetero) is 1. The summed E-state index contributed by atoms with van der Waals surface area (Å²) in [4.78, 5) is 25.1. The molecule has 0 fully saturated rings. The lowest BCUT2D eigenvalue weighted by atomic mass is 9.62. The van der Waals surface area contributed by atoms with Crippen LogP contribution in [0.3, 0.4) is 0 Å². The fourth-order valence-electron chi connectivity index (χ4n) is 3.95. The highest BCUT2D eigenvalue weighted by molar-refractivity contribution is 5.86. The monoisotopic (exact) mass is 367 g/mol. The van der Waals surface area contributed by atoms with E-state index in [0.717, 1.165) is 0 Å². The Balaban J connectivity index is 4.89. The van der Waals surface area contributed by atoms with E-state index in [1.807, 2.05) is 27.7 Å². The molecule has 0 saturated carbocycles. The van der Waals surface area contributed by atoms with Crippen molar-refractivity contribution in [3.63, 3.8) is 0 Å². The van der Waals surface area contributed by atoms with Gasteiger partial charge in [-0.05, 0) is 28.6 Å². The molecule has 1 amide bonds. The van der Waals surface area contributed by atoms with Crippen LogP contribution in [0, 0.1) is 33.5 Å². The maximum Gasteiger partial charge on any atom is 0.220 e. The van der Waals surface area contributed by atoms with Crippen molar-refractivity contribution in [2.24, 2.45) is 33.5 Å². The van der Waals surface area contributed by atoms with Crippen LogP contribution in [-0.2, 0) is 9.59 Å². The Morgan fingerprint density at radius 1 is 0.846 bits per heavy atom. The molecule has 0 atom stereocenters. The van der Waals surface area contributed by atoms with Crippen molar-refractivity contribution in [3.05, 3.63) is 0 Å². The maximum atomic E-state index is 12.6. The maximum absolute atomic E-state index is 12.6. The van der Waals surface area contributed by atoms with Gasteiger partial charge in [0, 0.05) is 24.3 Å². The topological polar surface area (TPSA) is 46.2 Å². The van der Waals surface area contributed by atoms with Gasteiger partial charge in [0.25, 0.3) is 0 Å². The normalized spacial score (nSPS) is 14.1. The Morgan fingerprint density at radius 2 is 1.31 bits per heavy atom. The summed E-state index contributed by atoms with van der Waals surface area (Å²) < 4.78 is 0. The van der Waals surface area contributed by atoms with Crippen LogP contribution >= 0.6 is 0 Å². The fourth-order valence-corrected chi connectivity index (χ4v) is 3.95. The first-order valence-electron chi connectivity index (χ1n) is 10.2. The minimum Gasteiger partial charge on any atom is -0.356 e. The molecule has 0 spiro atoms. The summed E-state index contributed by atoms with van der Waals surface area (Å²) in [7, 11) is 0. The van der Waals surface area contributed by atoms with Crippen molar-refractivity contribution >= 4 is 11.7 Å². The van der Waals surface area contributed by atoms with Gasteiger partial charge >= 0.3 is 0 Å². The van der Waals surface area contributed by atoms with E-state index in [4.69, 9.17) is 0 Å². The number of hydrogen-bond donors (Lipinski definition) is 1. The van der Waals surface area contributed by atoms with Crippen molar-refractivity contribution in [1.29, 1.82) is 0 Å². The highest BCUT2D eigenvalue weighted by atomic mass is 16.1. The van der Waals surface area contributed by atoms with Crippen molar-refractivity contribution < 1.29 is 9.59 Å². The molecule has 0 radical (unpaired) electrons. The summed E-state index contributed by atoms with van der Waals surface area (Å²) >= 11 is 0. The number of hydrogen-bond acceptors (Lipinski definition) is 2. The molecule has 0 aliphatic carbocycles. The number of amides is 1. The van der Waals surface area contributed by atoms with Crippen molar-refractivity contribution in [2.45, 2.75) is 95.9 Å². The molecule has 0 rings (SSSR count). The van der Waals surface area contributed by atoms with E-state index in [9.17, 15) is 9.59 Å². The van der Waals surface area contributed by atoms with E-state index < -0.39 is 5.41 Å². The lowest BCUT2D eigenvalue weighted by molar-refractivity contribution is -0.133.